The van der Waals surface area contributed by atoms with E-state index in [1.807, 2.05) is 29.8 Å². The zero-order valence-electron chi connectivity index (χ0n) is 14.8. The number of anilines is 2. The molecule has 0 spiro atoms. The summed E-state index contributed by atoms with van der Waals surface area (Å²) in [5, 5.41) is 4.69. The van der Waals surface area contributed by atoms with Crippen molar-refractivity contribution in [1.29, 1.82) is 0 Å². The first kappa shape index (κ1) is 16.3. The third kappa shape index (κ3) is 2.72. The van der Waals surface area contributed by atoms with Gasteiger partial charge in [0.25, 0.3) is 0 Å². The molecule has 1 fully saturated rings. The largest absolute Gasteiger partial charge is 0.358 e. The number of nitrogens with one attached hydrogen (secondary N) is 2. The van der Waals surface area contributed by atoms with Crippen molar-refractivity contribution in [3.63, 3.8) is 0 Å². The Morgan fingerprint density at radius 3 is 2.81 bits per heavy atom. The van der Waals surface area contributed by atoms with E-state index in [-0.39, 0.29) is 12.0 Å². The zero-order chi connectivity index (χ0) is 17.5. The van der Waals surface area contributed by atoms with Crippen LogP contribution < -0.4 is 15.1 Å². The van der Waals surface area contributed by atoms with E-state index in [1.165, 1.54) is 41.1 Å². The number of halogens is 1. The van der Waals surface area contributed by atoms with Gasteiger partial charge in [-0.2, -0.15) is 0 Å². The van der Waals surface area contributed by atoms with E-state index in [2.05, 4.69) is 10.2 Å². The molecule has 3 heterocycles. The molecule has 1 aromatic heterocycles. The molecule has 2 N–H and O–H groups in total. The third-order valence-electron chi connectivity index (χ3n) is 5.89. The maximum atomic E-state index is 14.1. The van der Waals surface area contributed by atoms with E-state index in [0.29, 0.717) is 0 Å². The summed E-state index contributed by atoms with van der Waals surface area (Å²) in [6.45, 7) is 3.72. The number of quaternary nitrogens is 1. The van der Waals surface area contributed by atoms with Crippen molar-refractivity contribution < 1.29 is 9.29 Å². The van der Waals surface area contributed by atoms with E-state index in [9.17, 15) is 4.39 Å². The second kappa shape index (κ2) is 6.67. The summed E-state index contributed by atoms with van der Waals surface area (Å²) in [7, 11) is 0. The molecule has 0 saturated carbocycles. The number of benzene rings is 1. The average Bonchev–Trinajstić information content (AvgIpc) is 3.07. The summed E-state index contributed by atoms with van der Waals surface area (Å²) in [6, 6.07) is 7.11. The molecule has 0 bridgehead atoms. The lowest BCUT2D eigenvalue weighted by Gasteiger charge is -2.37. The van der Waals surface area contributed by atoms with Crippen molar-refractivity contribution in [2.24, 2.45) is 4.99 Å². The number of rotatable bonds is 2. The van der Waals surface area contributed by atoms with Crippen molar-refractivity contribution in [2.75, 3.05) is 36.4 Å². The topological polar surface area (TPSA) is 32.1 Å². The number of piperazine rings is 1. The average molecular weight is 372 g/mol. The van der Waals surface area contributed by atoms with E-state index < -0.39 is 0 Å². The highest BCUT2D eigenvalue weighted by atomic mass is 32.1. The van der Waals surface area contributed by atoms with Crippen LogP contribution in [-0.2, 0) is 12.8 Å². The normalized spacial score (nSPS) is 22.7. The highest BCUT2D eigenvalue weighted by molar-refractivity contribution is 7.16. The van der Waals surface area contributed by atoms with Gasteiger partial charge in [0, 0.05) is 4.88 Å². The van der Waals surface area contributed by atoms with Crippen molar-refractivity contribution >= 4 is 28.4 Å². The molecule has 1 saturated heterocycles. The van der Waals surface area contributed by atoms with Crippen LogP contribution in [0, 0.1) is 5.82 Å². The Balaban J connectivity index is 1.36. The van der Waals surface area contributed by atoms with Gasteiger partial charge in [0.2, 0.25) is 6.17 Å². The number of hydrogen-bond acceptors (Lipinski definition) is 4. The minimum atomic E-state index is -0.120. The molecule has 1 atom stereocenters. The molecule has 0 amide bonds. The van der Waals surface area contributed by atoms with Crippen LogP contribution in [0.5, 0.6) is 0 Å². The molecule has 4 nitrogen and oxygen atoms in total. The van der Waals surface area contributed by atoms with Crippen LogP contribution in [0.15, 0.2) is 29.3 Å². The summed E-state index contributed by atoms with van der Waals surface area (Å²) in [6.07, 6.45) is 7.11. The first-order valence-electron chi connectivity index (χ1n) is 9.58. The van der Waals surface area contributed by atoms with E-state index in [4.69, 9.17) is 4.99 Å². The lowest BCUT2D eigenvalue weighted by molar-refractivity contribution is -0.931. The van der Waals surface area contributed by atoms with Crippen LogP contribution in [-0.4, -0.2) is 32.5 Å². The quantitative estimate of drug-likeness (QED) is 0.851. The first-order valence-corrected chi connectivity index (χ1v) is 10.4. The Morgan fingerprint density at radius 1 is 1.15 bits per heavy atom. The molecule has 0 unspecified atom stereocenters. The van der Waals surface area contributed by atoms with E-state index >= 15 is 0 Å². The monoisotopic (exact) mass is 371 g/mol. The molecular formula is C20H24FN4S+. The van der Waals surface area contributed by atoms with E-state index in [1.54, 1.807) is 22.6 Å². The second-order valence-corrected chi connectivity index (χ2v) is 8.48. The minimum Gasteiger partial charge on any atom is -0.358 e. The summed E-state index contributed by atoms with van der Waals surface area (Å²) in [5.74, 6) is -0.120. The number of fused-ring (bicyclic) bond motifs is 3. The Bertz CT molecular complexity index is 838. The smallest absolute Gasteiger partial charge is 0.212 e. The van der Waals surface area contributed by atoms with Gasteiger partial charge in [-0.25, -0.2) is 9.38 Å². The Hall–Kier alpha value is -1.92. The van der Waals surface area contributed by atoms with Crippen LogP contribution in [0.25, 0.3) is 0 Å². The SMILES string of the molecule is Fc1ccccc1N1CC[NH+]([C@H]2N=CNc3sc4c(c32)CCCC4)CC1. The highest BCUT2D eigenvalue weighted by Gasteiger charge is 2.36. The fourth-order valence-corrected chi connectivity index (χ4v) is 5.84. The molecule has 1 aliphatic carbocycles. The molecule has 2 aromatic rings. The van der Waals surface area contributed by atoms with Crippen molar-refractivity contribution in [3.05, 3.63) is 46.1 Å². The van der Waals surface area contributed by atoms with Gasteiger partial charge in [-0.05, 0) is 43.4 Å². The first-order chi connectivity index (χ1) is 12.8. The van der Waals surface area contributed by atoms with Crippen LogP contribution in [0.1, 0.15) is 35.0 Å². The van der Waals surface area contributed by atoms with Gasteiger partial charge in [0.15, 0.2) is 0 Å². The lowest BCUT2D eigenvalue weighted by atomic mass is 9.93. The molecule has 2 aliphatic heterocycles. The Morgan fingerprint density at radius 2 is 1.96 bits per heavy atom. The number of thiophene rings is 1. The fraction of sp³-hybridized carbons (Fsp3) is 0.450. The molecule has 136 valence electrons. The maximum absolute atomic E-state index is 14.1. The van der Waals surface area contributed by atoms with E-state index in [0.717, 1.165) is 31.9 Å². The summed E-state index contributed by atoms with van der Waals surface area (Å²) in [5.41, 5.74) is 3.74. The van der Waals surface area contributed by atoms with Gasteiger partial charge >= 0.3 is 0 Å². The fourth-order valence-electron chi connectivity index (χ4n) is 4.56. The number of aliphatic imine (C=N–C) groups is 1. The number of aryl methyl sites for hydroxylation is 1. The Labute approximate surface area is 157 Å². The van der Waals surface area contributed by atoms with Gasteiger partial charge in [-0.1, -0.05) is 12.1 Å². The highest BCUT2D eigenvalue weighted by Crippen LogP contribution is 2.42. The summed E-state index contributed by atoms with van der Waals surface area (Å²) >= 11 is 1.93. The summed E-state index contributed by atoms with van der Waals surface area (Å²) < 4.78 is 14.1. The van der Waals surface area contributed by atoms with Crippen molar-refractivity contribution in [2.45, 2.75) is 31.8 Å². The molecule has 1 aromatic carbocycles. The minimum absolute atomic E-state index is 0.120. The zero-order valence-corrected chi connectivity index (χ0v) is 15.6. The van der Waals surface area contributed by atoms with Crippen molar-refractivity contribution in [1.82, 2.24) is 0 Å². The molecule has 26 heavy (non-hydrogen) atoms. The number of para-hydroxylation sites is 1. The molecule has 6 heteroatoms. The van der Waals surface area contributed by atoms with Crippen LogP contribution in [0.3, 0.4) is 0 Å². The van der Waals surface area contributed by atoms with Gasteiger partial charge in [0.1, 0.15) is 10.8 Å². The maximum Gasteiger partial charge on any atom is 0.212 e. The molecule has 5 rings (SSSR count). The van der Waals surface area contributed by atoms with Gasteiger partial charge in [0.05, 0.1) is 43.8 Å². The lowest BCUT2D eigenvalue weighted by Crippen LogP contribution is -3.15. The Kier molecular flexibility index (Phi) is 4.17. The predicted octanol–water partition coefficient (Wildman–Crippen LogP) is 2.62. The van der Waals surface area contributed by atoms with Crippen LogP contribution >= 0.6 is 11.3 Å². The summed E-state index contributed by atoms with van der Waals surface area (Å²) in [4.78, 5) is 10.1. The van der Waals surface area contributed by atoms with Gasteiger partial charge in [-0.15, -0.1) is 11.3 Å². The second-order valence-electron chi connectivity index (χ2n) is 7.38. The van der Waals surface area contributed by atoms with Crippen LogP contribution in [0.2, 0.25) is 0 Å². The molecular weight excluding hydrogens is 347 g/mol. The predicted molar refractivity (Wildman–Crippen MR) is 105 cm³/mol. The number of nitrogens with zero attached hydrogens (tertiary/aromatic N) is 2. The van der Waals surface area contributed by atoms with Gasteiger partial charge in [-0.3, -0.25) is 0 Å². The molecule has 0 radical (unpaired) electrons. The third-order valence-corrected chi connectivity index (χ3v) is 7.13. The van der Waals surface area contributed by atoms with Crippen molar-refractivity contribution in [3.8, 4) is 0 Å². The van der Waals surface area contributed by atoms with Crippen LogP contribution in [0.4, 0.5) is 15.1 Å². The van der Waals surface area contributed by atoms with Gasteiger partial charge < -0.3 is 15.1 Å². The molecule has 3 aliphatic rings. The standard InChI is InChI=1S/C20H23FN4S/c21-15-6-2-3-7-16(15)24-9-11-25(12-10-24)19-18-14-5-1-4-8-17(14)26-20(18)23-13-22-19/h2-3,6-7,13,19H,1,4-5,8-12H2,(H,22,23)/p+1/t19-/m1/s1. The number of hydrogen-bond donors (Lipinski definition) is 2.